The molecule has 0 radical (unpaired) electrons. The third-order valence-corrected chi connectivity index (χ3v) is 5.72. The second-order valence-electron chi connectivity index (χ2n) is 7.58. The molecule has 1 aromatic rings. The van der Waals surface area contributed by atoms with Crippen LogP contribution in [-0.2, 0) is 6.42 Å². The monoisotopic (exact) mass is 346 g/mol. The van der Waals surface area contributed by atoms with Crippen LogP contribution in [0.25, 0.3) is 0 Å². The summed E-state index contributed by atoms with van der Waals surface area (Å²) in [6.07, 6.45) is 10.4. The fourth-order valence-corrected chi connectivity index (χ4v) is 3.61. The Balaban J connectivity index is 2.33. The molecule has 2 nitrogen and oxygen atoms in total. The zero-order valence-electron chi connectivity index (χ0n) is 17.3. The molecule has 0 aliphatic rings. The van der Waals surface area contributed by atoms with Crippen molar-refractivity contribution in [3.05, 3.63) is 35.9 Å². The molecule has 1 rings (SSSR count). The Morgan fingerprint density at radius 3 is 2.28 bits per heavy atom. The predicted molar refractivity (Wildman–Crippen MR) is 112 cm³/mol. The quantitative estimate of drug-likeness (QED) is 0.412. The fourth-order valence-electron chi connectivity index (χ4n) is 3.61. The van der Waals surface area contributed by atoms with Gasteiger partial charge in [-0.25, -0.2) is 0 Å². The first-order chi connectivity index (χ1) is 12.2. The maximum absolute atomic E-state index is 3.68. The molecule has 144 valence electrons. The van der Waals surface area contributed by atoms with Crippen LogP contribution in [-0.4, -0.2) is 36.6 Å². The van der Waals surface area contributed by atoms with Gasteiger partial charge in [0.25, 0.3) is 0 Å². The SMILES string of the molecule is CCCCCCCNCCC(C)(CC)N(CC)CCc1ccccc1. The van der Waals surface area contributed by atoms with Crippen molar-refractivity contribution < 1.29 is 0 Å². The highest BCUT2D eigenvalue weighted by molar-refractivity contribution is 5.15. The van der Waals surface area contributed by atoms with E-state index in [1.54, 1.807) is 0 Å². The van der Waals surface area contributed by atoms with Crippen molar-refractivity contribution in [2.75, 3.05) is 26.2 Å². The molecule has 0 saturated carbocycles. The first kappa shape index (κ1) is 22.2. The topological polar surface area (TPSA) is 15.3 Å². The zero-order valence-corrected chi connectivity index (χ0v) is 17.3. The van der Waals surface area contributed by atoms with E-state index >= 15 is 0 Å². The van der Waals surface area contributed by atoms with Gasteiger partial charge in [-0.3, -0.25) is 4.90 Å². The molecule has 25 heavy (non-hydrogen) atoms. The predicted octanol–water partition coefficient (Wildman–Crippen LogP) is 5.67. The minimum absolute atomic E-state index is 0.304. The Morgan fingerprint density at radius 2 is 1.64 bits per heavy atom. The molecule has 1 atom stereocenters. The van der Waals surface area contributed by atoms with Gasteiger partial charge in [-0.05, 0) is 57.8 Å². The zero-order chi connectivity index (χ0) is 18.4. The summed E-state index contributed by atoms with van der Waals surface area (Å²) in [6.45, 7) is 14.0. The highest BCUT2D eigenvalue weighted by atomic mass is 15.2. The standard InChI is InChI=1S/C23H42N2/c1-5-8-9-10-14-19-24-20-18-23(4,6-2)25(7-3)21-17-22-15-12-11-13-16-22/h11-13,15-16,24H,5-10,14,17-21H2,1-4H3. The van der Waals surface area contributed by atoms with Crippen molar-refractivity contribution in [3.63, 3.8) is 0 Å². The fraction of sp³-hybridized carbons (Fsp3) is 0.739. The molecule has 0 heterocycles. The van der Waals surface area contributed by atoms with Gasteiger partial charge in [0.15, 0.2) is 0 Å². The van der Waals surface area contributed by atoms with Crippen LogP contribution in [0.5, 0.6) is 0 Å². The summed E-state index contributed by atoms with van der Waals surface area (Å²) in [6, 6.07) is 10.9. The lowest BCUT2D eigenvalue weighted by molar-refractivity contribution is 0.0972. The lowest BCUT2D eigenvalue weighted by atomic mass is 9.91. The van der Waals surface area contributed by atoms with Crippen molar-refractivity contribution in [3.8, 4) is 0 Å². The van der Waals surface area contributed by atoms with E-state index in [0.29, 0.717) is 5.54 Å². The van der Waals surface area contributed by atoms with Crippen molar-refractivity contribution in [1.82, 2.24) is 10.2 Å². The normalized spacial score (nSPS) is 14.0. The van der Waals surface area contributed by atoms with E-state index < -0.39 is 0 Å². The smallest absolute Gasteiger partial charge is 0.0190 e. The molecule has 0 fully saturated rings. The molecule has 0 aliphatic heterocycles. The van der Waals surface area contributed by atoms with Crippen LogP contribution in [0.3, 0.4) is 0 Å². The number of hydrogen-bond donors (Lipinski definition) is 1. The van der Waals surface area contributed by atoms with Gasteiger partial charge in [0.2, 0.25) is 0 Å². The lowest BCUT2D eigenvalue weighted by Gasteiger charge is -2.41. The molecule has 1 unspecified atom stereocenters. The van der Waals surface area contributed by atoms with Crippen molar-refractivity contribution >= 4 is 0 Å². The Labute approximate surface area is 157 Å². The largest absolute Gasteiger partial charge is 0.317 e. The summed E-state index contributed by atoms with van der Waals surface area (Å²) in [7, 11) is 0. The van der Waals surface area contributed by atoms with Crippen LogP contribution >= 0.6 is 0 Å². The number of rotatable bonds is 15. The number of benzene rings is 1. The van der Waals surface area contributed by atoms with E-state index in [1.807, 2.05) is 0 Å². The molecule has 2 heteroatoms. The summed E-state index contributed by atoms with van der Waals surface area (Å²) in [4.78, 5) is 2.68. The number of nitrogens with zero attached hydrogens (tertiary/aromatic N) is 1. The first-order valence-corrected chi connectivity index (χ1v) is 10.7. The van der Waals surface area contributed by atoms with Gasteiger partial charge in [-0.2, -0.15) is 0 Å². The summed E-state index contributed by atoms with van der Waals surface area (Å²) < 4.78 is 0. The maximum atomic E-state index is 3.68. The highest BCUT2D eigenvalue weighted by Crippen LogP contribution is 2.23. The Hall–Kier alpha value is -0.860. The minimum Gasteiger partial charge on any atom is -0.317 e. The lowest BCUT2D eigenvalue weighted by Crippen LogP contribution is -2.48. The van der Waals surface area contributed by atoms with Crippen molar-refractivity contribution in [2.24, 2.45) is 0 Å². The Morgan fingerprint density at radius 1 is 0.920 bits per heavy atom. The van der Waals surface area contributed by atoms with E-state index in [0.717, 1.165) is 26.1 Å². The van der Waals surface area contributed by atoms with Gasteiger partial charge in [0.05, 0.1) is 0 Å². The molecule has 0 bridgehead atoms. The van der Waals surface area contributed by atoms with Crippen LogP contribution in [0.15, 0.2) is 30.3 Å². The summed E-state index contributed by atoms with van der Waals surface area (Å²) in [5, 5.41) is 3.68. The summed E-state index contributed by atoms with van der Waals surface area (Å²) in [5.41, 5.74) is 1.75. The van der Waals surface area contributed by atoms with Gasteiger partial charge in [-0.15, -0.1) is 0 Å². The van der Waals surface area contributed by atoms with E-state index in [-0.39, 0.29) is 0 Å². The first-order valence-electron chi connectivity index (χ1n) is 10.7. The molecule has 0 aliphatic carbocycles. The van der Waals surface area contributed by atoms with Gasteiger partial charge >= 0.3 is 0 Å². The van der Waals surface area contributed by atoms with Crippen LogP contribution in [0.4, 0.5) is 0 Å². The van der Waals surface area contributed by atoms with Crippen molar-refractivity contribution in [2.45, 2.75) is 84.6 Å². The molecule has 0 aromatic heterocycles. The second-order valence-corrected chi connectivity index (χ2v) is 7.58. The van der Waals surface area contributed by atoms with E-state index in [9.17, 15) is 0 Å². The highest BCUT2D eigenvalue weighted by Gasteiger charge is 2.28. The molecule has 0 spiro atoms. The molecule has 1 N–H and O–H groups in total. The van der Waals surface area contributed by atoms with E-state index in [4.69, 9.17) is 0 Å². The Kier molecular flexibility index (Phi) is 11.9. The van der Waals surface area contributed by atoms with Crippen molar-refractivity contribution in [1.29, 1.82) is 0 Å². The maximum Gasteiger partial charge on any atom is 0.0190 e. The van der Waals surface area contributed by atoms with Gasteiger partial charge in [-0.1, -0.05) is 76.8 Å². The summed E-state index contributed by atoms with van der Waals surface area (Å²) in [5.74, 6) is 0. The van der Waals surface area contributed by atoms with E-state index in [2.05, 4.69) is 68.2 Å². The van der Waals surface area contributed by atoms with E-state index in [1.165, 1.54) is 57.1 Å². The van der Waals surface area contributed by atoms with Gasteiger partial charge < -0.3 is 5.32 Å². The number of likely N-dealkylation sites (N-methyl/N-ethyl adjacent to an activating group) is 1. The molecule has 0 amide bonds. The molecule has 1 aromatic carbocycles. The minimum atomic E-state index is 0.304. The van der Waals surface area contributed by atoms with Crippen LogP contribution in [0.1, 0.15) is 78.2 Å². The Bertz CT molecular complexity index is 417. The third-order valence-electron chi connectivity index (χ3n) is 5.72. The van der Waals surface area contributed by atoms with Crippen LogP contribution in [0, 0.1) is 0 Å². The molecular weight excluding hydrogens is 304 g/mol. The number of unbranched alkanes of at least 4 members (excludes halogenated alkanes) is 4. The molecule has 0 saturated heterocycles. The summed E-state index contributed by atoms with van der Waals surface area (Å²) >= 11 is 0. The number of hydrogen-bond acceptors (Lipinski definition) is 2. The van der Waals surface area contributed by atoms with Crippen LogP contribution < -0.4 is 5.32 Å². The third kappa shape index (κ3) is 8.87. The average Bonchev–Trinajstić information content (AvgIpc) is 2.65. The van der Waals surface area contributed by atoms with Gasteiger partial charge in [0.1, 0.15) is 0 Å². The van der Waals surface area contributed by atoms with Crippen LogP contribution in [0.2, 0.25) is 0 Å². The average molecular weight is 347 g/mol. The second kappa shape index (κ2) is 13.4. The molecular formula is C23H42N2. The number of nitrogens with one attached hydrogen (secondary N) is 1. The van der Waals surface area contributed by atoms with Gasteiger partial charge in [0, 0.05) is 12.1 Å².